The molecule has 2 rings (SSSR count). The summed E-state index contributed by atoms with van der Waals surface area (Å²) < 4.78 is 1.83. The molecule has 0 radical (unpaired) electrons. The molecule has 0 unspecified atom stereocenters. The highest BCUT2D eigenvalue weighted by molar-refractivity contribution is 14.1. The van der Waals surface area contributed by atoms with Gasteiger partial charge in [0.05, 0.1) is 17.8 Å². The second-order valence-corrected chi connectivity index (χ2v) is 6.37. The highest BCUT2D eigenvalue weighted by Gasteiger charge is 2.11. The largest absolute Gasteiger partial charge is 0.346 e. The number of benzene rings is 1. The van der Waals surface area contributed by atoms with E-state index in [2.05, 4.69) is 55.7 Å². The molecule has 0 bridgehead atoms. The number of pyridine rings is 1. The number of aryl methyl sites for hydroxylation is 1. The lowest BCUT2D eigenvalue weighted by atomic mass is 10.1. The number of hydrogen-bond acceptors (Lipinski definition) is 2. The standard InChI is InChI=1S/C15H14BrIN2O/c1-2-10-4-3-7-18-14(10)9-19-15(20)12-8-11(17)5-6-13(12)16/h3-8H,2,9H2,1H3,(H,19,20). The first-order chi connectivity index (χ1) is 9.61. The minimum absolute atomic E-state index is 0.0944. The van der Waals surface area contributed by atoms with E-state index in [9.17, 15) is 4.79 Å². The average molecular weight is 445 g/mol. The summed E-state index contributed by atoms with van der Waals surface area (Å²) in [7, 11) is 0. The van der Waals surface area contributed by atoms with Gasteiger partial charge in [0, 0.05) is 14.2 Å². The summed E-state index contributed by atoms with van der Waals surface area (Å²) >= 11 is 5.60. The molecule has 1 heterocycles. The predicted molar refractivity (Wildman–Crippen MR) is 91.6 cm³/mol. The Kier molecular flexibility index (Phi) is 5.54. The minimum atomic E-state index is -0.0944. The van der Waals surface area contributed by atoms with Gasteiger partial charge in [-0.1, -0.05) is 13.0 Å². The molecule has 3 nitrogen and oxygen atoms in total. The van der Waals surface area contributed by atoms with Crippen LogP contribution in [-0.4, -0.2) is 10.9 Å². The molecule has 0 aliphatic carbocycles. The first kappa shape index (κ1) is 15.4. The third-order valence-corrected chi connectivity index (χ3v) is 4.32. The van der Waals surface area contributed by atoms with E-state index in [0.29, 0.717) is 12.1 Å². The molecule has 0 aliphatic heterocycles. The van der Waals surface area contributed by atoms with Crippen LogP contribution in [0.15, 0.2) is 41.0 Å². The lowest BCUT2D eigenvalue weighted by Crippen LogP contribution is -2.24. The van der Waals surface area contributed by atoms with Crippen LogP contribution in [-0.2, 0) is 13.0 Å². The molecule has 104 valence electrons. The molecule has 2 aromatic rings. The number of carbonyl (C=O) groups excluding carboxylic acids is 1. The van der Waals surface area contributed by atoms with Gasteiger partial charge < -0.3 is 5.32 Å². The van der Waals surface area contributed by atoms with Gasteiger partial charge in [0.2, 0.25) is 0 Å². The normalized spacial score (nSPS) is 10.3. The average Bonchev–Trinajstić information content (AvgIpc) is 2.47. The lowest BCUT2D eigenvalue weighted by Gasteiger charge is -2.09. The van der Waals surface area contributed by atoms with Gasteiger partial charge in [0.25, 0.3) is 5.91 Å². The SMILES string of the molecule is CCc1cccnc1CNC(=O)c1cc(I)ccc1Br. The fourth-order valence-electron chi connectivity index (χ4n) is 1.88. The highest BCUT2D eigenvalue weighted by Crippen LogP contribution is 2.19. The summed E-state index contributed by atoms with van der Waals surface area (Å²) in [6, 6.07) is 9.65. The summed E-state index contributed by atoms with van der Waals surface area (Å²) in [5, 5.41) is 2.92. The van der Waals surface area contributed by atoms with E-state index in [1.54, 1.807) is 6.20 Å². The van der Waals surface area contributed by atoms with E-state index in [1.807, 2.05) is 30.3 Å². The van der Waals surface area contributed by atoms with Crippen LogP contribution in [0.5, 0.6) is 0 Å². The Morgan fingerprint density at radius 3 is 2.95 bits per heavy atom. The van der Waals surface area contributed by atoms with Crippen LogP contribution >= 0.6 is 38.5 Å². The third kappa shape index (κ3) is 3.79. The van der Waals surface area contributed by atoms with Crippen LogP contribution in [0.25, 0.3) is 0 Å². The van der Waals surface area contributed by atoms with Crippen molar-refractivity contribution in [1.82, 2.24) is 10.3 Å². The summed E-state index contributed by atoms with van der Waals surface area (Å²) in [4.78, 5) is 16.5. The van der Waals surface area contributed by atoms with Crippen LogP contribution in [0.1, 0.15) is 28.5 Å². The molecule has 20 heavy (non-hydrogen) atoms. The zero-order valence-corrected chi connectivity index (χ0v) is 14.7. The van der Waals surface area contributed by atoms with Crippen molar-refractivity contribution in [2.24, 2.45) is 0 Å². The van der Waals surface area contributed by atoms with Gasteiger partial charge in [-0.25, -0.2) is 0 Å². The molecule has 1 N–H and O–H groups in total. The second-order valence-electron chi connectivity index (χ2n) is 4.27. The Balaban J connectivity index is 2.11. The summed E-state index contributed by atoms with van der Waals surface area (Å²) in [6.07, 6.45) is 2.66. The third-order valence-electron chi connectivity index (χ3n) is 2.95. The molecule has 1 amide bonds. The Bertz CT molecular complexity index is 631. The topological polar surface area (TPSA) is 42.0 Å². The number of amides is 1. The van der Waals surface area contributed by atoms with Gasteiger partial charge in [0.1, 0.15) is 0 Å². The van der Waals surface area contributed by atoms with Crippen LogP contribution < -0.4 is 5.32 Å². The molecule has 0 fully saturated rings. The van der Waals surface area contributed by atoms with Crippen molar-refractivity contribution in [2.45, 2.75) is 19.9 Å². The molecule has 1 aromatic carbocycles. The maximum absolute atomic E-state index is 12.2. The zero-order valence-electron chi connectivity index (χ0n) is 11.0. The summed E-state index contributed by atoms with van der Waals surface area (Å²) in [6.45, 7) is 2.53. The Labute approximate surface area is 140 Å². The molecule has 0 saturated carbocycles. The van der Waals surface area contributed by atoms with Crippen LogP contribution in [0.3, 0.4) is 0 Å². The number of carbonyl (C=O) groups is 1. The molecule has 0 saturated heterocycles. The number of nitrogens with zero attached hydrogens (tertiary/aromatic N) is 1. The monoisotopic (exact) mass is 444 g/mol. The predicted octanol–water partition coefficient (Wildman–Crippen LogP) is 3.94. The van der Waals surface area contributed by atoms with Gasteiger partial charge in [-0.2, -0.15) is 0 Å². The summed E-state index contributed by atoms with van der Waals surface area (Å²) in [5.41, 5.74) is 2.73. The number of hydrogen-bond donors (Lipinski definition) is 1. The highest BCUT2D eigenvalue weighted by atomic mass is 127. The Hall–Kier alpha value is -0.950. The maximum Gasteiger partial charge on any atom is 0.252 e. The molecular formula is C15H14BrIN2O. The van der Waals surface area contributed by atoms with Gasteiger partial charge >= 0.3 is 0 Å². The number of halogens is 2. The van der Waals surface area contributed by atoms with Crippen molar-refractivity contribution in [1.29, 1.82) is 0 Å². The summed E-state index contributed by atoms with van der Waals surface area (Å²) in [5.74, 6) is -0.0944. The van der Waals surface area contributed by atoms with Crippen LogP contribution in [0, 0.1) is 3.57 Å². The van der Waals surface area contributed by atoms with E-state index >= 15 is 0 Å². The van der Waals surface area contributed by atoms with E-state index in [1.165, 1.54) is 0 Å². The molecule has 0 aliphatic rings. The van der Waals surface area contributed by atoms with Gasteiger partial charge in [-0.3, -0.25) is 9.78 Å². The minimum Gasteiger partial charge on any atom is -0.346 e. The second kappa shape index (κ2) is 7.17. The van der Waals surface area contributed by atoms with Crippen molar-refractivity contribution < 1.29 is 4.79 Å². The van der Waals surface area contributed by atoms with E-state index in [4.69, 9.17) is 0 Å². The smallest absolute Gasteiger partial charge is 0.252 e. The van der Waals surface area contributed by atoms with Gasteiger partial charge in [0.15, 0.2) is 0 Å². The maximum atomic E-state index is 12.2. The lowest BCUT2D eigenvalue weighted by molar-refractivity contribution is 0.0949. The first-order valence-electron chi connectivity index (χ1n) is 6.28. The number of nitrogens with one attached hydrogen (secondary N) is 1. The van der Waals surface area contributed by atoms with Crippen molar-refractivity contribution >= 4 is 44.4 Å². The Morgan fingerprint density at radius 1 is 1.40 bits per heavy atom. The Morgan fingerprint density at radius 2 is 2.20 bits per heavy atom. The quantitative estimate of drug-likeness (QED) is 0.725. The molecule has 5 heteroatoms. The molecule has 0 atom stereocenters. The van der Waals surface area contributed by atoms with Crippen molar-refractivity contribution in [2.75, 3.05) is 0 Å². The van der Waals surface area contributed by atoms with Crippen molar-refractivity contribution in [3.63, 3.8) is 0 Å². The fourth-order valence-corrected chi connectivity index (χ4v) is 2.80. The van der Waals surface area contributed by atoms with Crippen LogP contribution in [0.4, 0.5) is 0 Å². The van der Waals surface area contributed by atoms with Gasteiger partial charge in [-0.15, -0.1) is 0 Å². The number of aromatic nitrogens is 1. The van der Waals surface area contributed by atoms with Crippen LogP contribution in [0.2, 0.25) is 0 Å². The molecule has 1 aromatic heterocycles. The number of rotatable bonds is 4. The fraction of sp³-hybridized carbons (Fsp3) is 0.200. The molecular weight excluding hydrogens is 431 g/mol. The van der Waals surface area contributed by atoms with E-state index in [-0.39, 0.29) is 5.91 Å². The van der Waals surface area contributed by atoms with Crippen molar-refractivity contribution in [3.8, 4) is 0 Å². The van der Waals surface area contributed by atoms with Crippen molar-refractivity contribution in [3.05, 3.63) is 61.4 Å². The van der Waals surface area contributed by atoms with Gasteiger partial charge in [-0.05, 0) is 74.8 Å². The van der Waals surface area contributed by atoms with E-state index in [0.717, 1.165) is 25.7 Å². The molecule has 0 spiro atoms. The zero-order chi connectivity index (χ0) is 14.5. The first-order valence-corrected chi connectivity index (χ1v) is 8.15. The van der Waals surface area contributed by atoms with E-state index < -0.39 is 0 Å².